The molecule has 0 radical (unpaired) electrons. The van der Waals surface area contributed by atoms with Crippen LogP contribution in [-0.2, 0) is 31.9 Å². The number of aliphatic hydroxyl groups is 1. The predicted octanol–water partition coefficient (Wildman–Crippen LogP) is 4.38. The van der Waals surface area contributed by atoms with E-state index in [0.29, 0.717) is 11.1 Å². The summed E-state index contributed by atoms with van der Waals surface area (Å²) in [6.45, 7) is 10.2. The van der Waals surface area contributed by atoms with Gasteiger partial charge in [0.15, 0.2) is 0 Å². The van der Waals surface area contributed by atoms with Gasteiger partial charge >= 0.3 is 18.2 Å². The molecular weight excluding hydrogens is 525 g/mol. The Morgan fingerprint density at radius 2 is 1.72 bits per heavy atom. The number of aromatic nitrogens is 1. The van der Waals surface area contributed by atoms with Crippen LogP contribution in [0.1, 0.15) is 51.3 Å². The third kappa shape index (κ3) is 9.37. The second-order valence-corrected chi connectivity index (χ2v) is 11.8. The fraction of sp³-hybridized carbons (Fsp3) is 0.481. The number of hydrogen-bond acceptors (Lipinski definition) is 8. The minimum absolute atomic E-state index is 0.0306. The van der Waals surface area contributed by atoms with Gasteiger partial charge in [-0.15, -0.1) is 0 Å². The van der Waals surface area contributed by atoms with E-state index >= 15 is 0 Å². The third-order valence-corrected chi connectivity index (χ3v) is 7.03. The van der Waals surface area contributed by atoms with Gasteiger partial charge in [0.2, 0.25) is 0 Å². The fourth-order valence-corrected chi connectivity index (χ4v) is 5.08. The molecule has 4 atom stereocenters. The van der Waals surface area contributed by atoms with Crippen molar-refractivity contribution >= 4 is 32.4 Å². The van der Waals surface area contributed by atoms with E-state index in [1.165, 1.54) is 6.20 Å². The Labute approximate surface area is 229 Å². The van der Waals surface area contributed by atoms with Gasteiger partial charge in [0.05, 0.1) is 20.4 Å². The van der Waals surface area contributed by atoms with E-state index in [1.807, 2.05) is 6.07 Å². The SMILES string of the molecule is Cc1cc(C[C@H](C(=O)O)C(O)([PH2]=O)C(NC(=O)OCc2ccccc2)C(C)C)cnc1NC(=O)OC(C)(C)C. The van der Waals surface area contributed by atoms with Crippen LogP contribution in [0.3, 0.4) is 0 Å². The Morgan fingerprint density at radius 3 is 2.23 bits per heavy atom. The van der Waals surface area contributed by atoms with Crippen molar-refractivity contribution in [3.63, 3.8) is 0 Å². The van der Waals surface area contributed by atoms with Crippen LogP contribution in [0.25, 0.3) is 0 Å². The quantitative estimate of drug-likeness (QED) is 0.291. The minimum atomic E-state index is -2.27. The monoisotopic (exact) mass is 563 g/mol. The number of hydrogen-bond donors (Lipinski definition) is 4. The lowest BCUT2D eigenvalue weighted by Crippen LogP contribution is -2.58. The van der Waals surface area contributed by atoms with Gasteiger partial charge in [-0.05, 0) is 56.7 Å². The summed E-state index contributed by atoms with van der Waals surface area (Å²) < 4.78 is 22.9. The number of carboxylic acid groups (broad SMARTS) is 1. The lowest BCUT2D eigenvalue weighted by molar-refractivity contribution is -0.149. The van der Waals surface area contributed by atoms with Crippen molar-refractivity contribution in [1.29, 1.82) is 0 Å². The van der Waals surface area contributed by atoms with E-state index in [-0.39, 0.29) is 18.8 Å². The molecule has 1 heterocycles. The number of alkyl carbamates (subject to hydrolysis) is 1. The summed E-state index contributed by atoms with van der Waals surface area (Å²) >= 11 is 0. The van der Waals surface area contributed by atoms with E-state index in [2.05, 4.69) is 15.6 Å². The highest BCUT2D eigenvalue weighted by Crippen LogP contribution is 2.38. The van der Waals surface area contributed by atoms with Gasteiger partial charge in [-0.3, -0.25) is 10.1 Å². The normalized spacial score (nSPS) is 14.9. The van der Waals surface area contributed by atoms with Crippen LogP contribution in [0.5, 0.6) is 0 Å². The number of carbonyl (C=O) groups excluding carboxylic acids is 2. The van der Waals surface area contributed by atoms with Crippen molar-refractivity contribution in [2.75, 3.05) is 5.32 Å². The van der Waals surface area contributed by atoms with Gasteiger partial charge in [-0.1, -0.05) is 50.2 Å². The molecule has 0 fully saturated rings. The molecular formula is C27H38N3O8P. The lowest BCUT2D eigenvalue weighted by Gasteiger charge is -2.39. The summed E-state index contributed by atoms with van der Waals surface area (Å²) in [6.07, 6.45) is -0.431. The number of carboxylic acids is 1. The van der Waals surface area contributed by atoms with Crippen LogP contribution in [0.15, 0.2) is 42.6 Å². The van der Waals surface area contributed by atoms with Crippen molar-refractivity contribution in [2.45, 2.75) is 71.6 Å². The lowest BCUT2D eigenvalue weighted by atomic mass is 9.84. The molecule has 1 aromatic carbocycles. The number of pyridine rings is 1. The number of carbonyl (C=O) groups is 3. The fourth-order valence-electron chi connectivity index (χ4n) is 4.04. The smallest absolute Gasteiger partial charge is 0.413 e. The molecule has 214 valence electrons. The van der Waals surface area contributed by atoms with Gasteiger partial charge in [-0.25, -0.2) is 14.6 Å². The summed E-state index contributed by atoms with van der Waals surface area (Å²) in [6, 6.07) is 9.39. The average Bonchev–Trinajstić information content (AvgIpc) is 2.84. The highest BCUT2D eigenvalue weighted by atomic mass is 31.1. The number of benzene rings is 1. The van der Waals surface area contributed by atoms with Crippen molar-refractivity contribution in [3.05, 3.63) is 59.3 Å². The Bertz CT molecular complexity index is 1170. The standard InChI is InChI=1S/C27H38N3O8P/c1-16(2)21(29-24(33)37-15-18-10-8-7-9-11-18)27(35,39-36)20(23(31)32)13-19-12-17(3)22(28-14-19)30-25(34)38-26(4,5)6/h7-12,14,16,20-21,35H,13,15,39H2,1-6H3,(H,29,33)(H,31,32)(H,28,30,34)/t20-,21?,27?/m1/s1. The molecule has 0 saturated carbocycles. The average molecular weight is 564 g/mol. The summed E-state index contributed by atoms with van der Waals surface area (Å²) in [5.41, 5.74) is 1.00. The van der Waals surface area contributed by atoms with Crippen LogP contribution in [0, 0.1) is 18.8 Å². The van der Waals surface area contributed by atoms with Crippen LogP contribution >= 0.6 is 8.46 Å². The number of ether oxygens (including phenoxy) is 2. The molecule has 0 spiro atoms. The third-order valence-electron chi connectivity index (χ3n) is 5.89. The number of aryl methyl sites for hydroxylation is 1. The zero-order valence-corrected chi connectivity index (χ0v) is 24.2. The van der Waals surface area contributed by atoms with Crippen LogP contribution in [0.2, 0.25) is 0 Å². The Hall–Kier alpha value is -3.43. The van der Waals surface area contributed by atoms with E-state index < -0.39 is 55.4 Å². The first-order valence-electron chi connectivity index (χ1n) is 12.5. The number of amides is 2. The largest absolute Gasteiger partial charge is 0.481 e. The Morgan fingerprint density at radius 1 is 1.08 bits per heavy atom. The van der Waals surface area contributed by atoms with Gasteiger partial charge < -0.3 is 29.6 Å². The summed E-state index contributed by atoms with van der Waals surface area (Å²) in [4.78, 5) is 41.2. The minimum Gasteiger partial charge on any atom is -0.481 e. The molecule has 3 unspecified atom stereocenters. The van der Waals surface area contributed by atoms with Gasteiger partial charge in [0, 0.05) is 6.20 Å². The molecule has 0 bridgehead atoms. The molecule has 2 rings (SSSR count). The molecule has 0 aliphatic carbocycles. The van der Waals surface area contributed by atoms with Gasteiger partial charge in [0.1, 0.15) is 23.4 Å². The molecule has 0 saturated heterocycles. The molecule has 4 N–H and O–H groups in total. The number of nitrogens with one attached hydrogen (secondary N) is 2. The van der Waals surface area contributed by atoms with Crippen LogP contribution in [0.4, 0.5) is 15.4 Å². The zero-order chi connectivity index (χ0) is 29.4. The summed E-state index contributed by atoms with van der Waals surface area (Å²) in [5, 5.41) is 24.4. The van der Waals surface area contributed by atoms with Crippen LogP contribution in [-0.4, -0.2) is 50.3 Å². The zero-order valence-electron chi connectivity index (χ0n) is 23.1. The maximum Gasteiger partial charge on any atom is 0.413 e. The summed E-state index contributed by atoms with van der Waals surface area (Å²) in [5.74, 6) is -3.19. The Kier molecular flexibility index (Phi) is 11.1. The molecule has 2 aromatic rings. The highest BCUT2D eigenvalue weighted by Gasteiger charge is 2.49. The van der Waals surface area contributed by atoms with Gasteiger partial charge in [-0.2, -0.15) is 0 Å². The second kappa shape index (κ2) is 13.6. The second-order valence-electron chi connectivity index (χ2n) is 10.7. The topological polar surface area (TPSA) is 164 Å². The van der Waals surface area contributed by atoms with E-state index in [9.17, 15) is 29.2 Å². The first kappa shape index (κ1) is 31.8. The maximum absolute atomic E-state index is 12.6. The molecule has 1 aromatic heterocycles. The van der Waals surface area contributed by atoms with Gasteiger partial charge in [0.25, 0.3) is 0 Å². The first-order valence-corrected chi connectivity index (χ1v) is 13.6. The molecule has 0 aliphatic heterocycles. The van der Waals surface area contributed by atoms with Crippen molar-refractivity contribution in [2.24, 2.45) is 11.8 Å². The predicted molar refractivity (Wildman–Crippen MR) is 147 cm³/mol. The van der Waals surface area contributed by atoms with Crippen molar-refractivity contribution in [3.8, 4) is 0 Å². The highest BCUT2D eigenvalue weighted by molar-refractivity contribution is 7.25. The number of anilines is 1. The number of nitrogens with zero attached hydrogens (tertiary/aromatic N) is 1. The molecule has 0 aliphatic rings. The first-order chi connectivity index (χ1) is 18.2. The van der Waals surface area contributed by atoms with Crippen molar-refractivity contribution < 1.29 is 38.6 Å². The summed E-state index contributed by atoms with van der Waals surface area (Å²) in [7, 11) is -2.07. The number of aliphatic carboxylic acids is 1. The molecule has 39 heavy (non-hydrogen) atoms. The van der Waals surface area contributed by atoms with E-state index in [4.69, 9.17) is 9.47 Å². The molecule has 11 nitrogen and oxygen atoms in total. The number of rotatable bonds is 11. The van der Waals surface area contributed by atoms with E-state index in [0.717, 1.165) is 5.56 Å². The maximum atomic E-state index is 12.6. The Balaban J connectivity index is 2.23. The van der Waals surface area contributed by atoms with Crippen LogP contribution < -0.4 is 10.6 Å². The van der Waals surface area contributed by atoms with E-state index in [1.54, 1.807) is 71.9 Å². The molecule has 12 heteroatoms. The molecule has 2 amide bonds. The van der Waals surface area contributed by atoms with Crippen molar-refractivity contribution in [1.82, 2.24) is 10.3 Å².